The highest BCUT2D eigenvalue weighted by molar-refractivity contribution is 6.08. The van der Waals surface area contributed by atoms with Gasteiger partial charge >= 0.3 is 0 Å². The van der Waals surface area contributed by atoms with Crippen molar-refractivity contribution < 1.29 is 9.18 Å². The molecule has 90 valence electrons. The Morgan fingerprint density at radius 3 is 2.67 bits per heavy atom. The first-order valence-corrected chi connectivity index (χ1v) is 5.22. The third-order valence-corrected chi connectivity index (χ3v) is 2.31. The van der Waals surface area contributed by atoms with E-state index in [0.29, 0.717) is 23.4 Å². The van der Waals surface area contributed by atoms with Gasteiger partial charge < -0.3 is 10.4 Å². The van der Waals surface area contributed by atoms with Crippen LogP contribution in [0.15, 0.2) is 36.5 Å². The second-order valence-electron chi connectivity index (χ2n) is 3.60. The molecule has 4 nitrogen and oxygen atoms in total. The Kier molecular flexibility index (Phi) is 3.43. The molecule has 1 heterocycles. The van der Waals surface area contributed by atoms with Crippen LogP contribution in [0.2, 0.25) is 0 Å². The van der Waals surface area contributed by atoms with Crippen molar-refractivity contribution in [3.8, 4) is 0 Å². The number of hydrogen-bond acceptors (Lipinski definition) is 3. The average molecular weight is 243 g/mol. The zero-order valence-corrected chi connectivity index (χ0v) is 9.35. The molecule has 0 saturated carbocycles. The predicted molar refractivity (Wildman–Crippen MR) is 66.2 cm³/mol. The minimum absolute atomic E-state index is 0.235. The molecule has 2 rings (SSSR count). The number of nitrogens with one attached hydrogen (secondary N) is 2. The molecule has 0 fully saturated rings. The van der Waals surface area contributed by atoms with Crippen LogP contribution in [0, 0.1) is 11.2 Å². The number of allylic oxidation sites excluding steroid dienone is 1. The largest absolute Gasteiger partial charge is 0.336 e. The Bertz CT molecular complexity index is 599. The summed E-state index contributed by atoms with van der Waals surface area (Å²) < 4.78 is 12.7. The lowest BCUT2D eigenvalue weighted by atomic mass is 10.1. The minimum atomic E-state index is -0.336. The lowest BCUT2D eigenvalue weighted by Gasteiger charge is -1.97. The monoisotopic (exact) mass is 243 g/mol. The third-order valence-electron chi connectivity index (χ3n) is 2.31. The molecular formula is C13H10FN3O. The summed E-state index contributed by atoms with van der Waals surface area (Å²) >= 11 is 0. The Balaban J connectivity index is 2.11. The van der Waals surface area contributed by atoms with E-state index in [4.69, 9.17) is 5.41 Å². The molecule has 0 bridgehead atoms. The van der Waals surface area contributed by atoms with Gasteiger partial charge in [-0.2, -0.15) is 0 Å². The standard InChI is InChI=1S/C13H10FN3O/c14-10-3-1-9(2-4-10)12(15)5-6-13-16-7-11(8-18)17-13/h1-8,15H,(H,16,17)/b6-5-,15-12?. The highest BCUT2D eigenvalue weighted by atomic mass is 19.1. The fourth-order valence-electron chi connectivity index (χ4n) is 1.38. The van der Waals surface area contributed by atoms with Crippen LogP contribution in [0.25, 0.3) is 6.08 Å². The van der Waals surface area contributed by atoms with Crippen LogP contribution in [0.4, 0.5) is 4.39 Å². The quantitative estimate of drug-likeness (QED) is 0.639. The smallest absolute Gasteiger partial charge is 0.167 e. The van der Waals surface area contributed by atoms with Crippen molar-refractivity contribution in [1.82, 2.24) is 9.97 Å². The third kappa shape index (κ3) is 2.76. The summed E-state index contributed by atoms with van der Waals surface area (Å²) in [6.45, 7) is 0. The molecule has 5 heteroatoms. The summed E-state index contributed by atoms with van der Waals surface area (Å²) in [5.74, 6) is 0.154. The number of H-pyrrole nitrogens is 1. The average Bonchev–Trinajstić information content (AvgIpc) is 2.85. The van der Waals surface area contributed by atoms with E-state index in [1.54, 1.807) is 6.08 Å². The van der Waals surface area contributed by atoms with Crippen molar-refractivity contribution >= 4 is 18.1 Å². The van der Waals surface area contributed by atoms with Gasteiger partial charge in [0.15, 0.2) is 6.29 Å². The first-order valence-electron chi connectivity index (χ1n) is 5.22. The molecule has 1 aromatic heterocycles. The Labute approximate surface area is 103 Å². The molecule has 2 aromatic rings. The Morgan fingerprint density at radius 2 is 2.06 bits per heavy atom. The zero-order valence-electron chi connectivity index (χ0n) is 9.35. The van der Waals surface area contributed by atoms with Crippen LogP contribution < -0.4 is 0 Å². The number of nitrogens with zero attached hydrogens (tertiary/aromatic N) is 1. The Hall–Kier alpha value is -2.56. The van der Waals surface area contributed by atoms with Gasteiger partial charge in [0.25, 0.3) is 0 Å². The second-order valence-corrected chi connectivity index (χ2v) is 3.60. The van der Waals surface area contributed by atoms with Gasteiger partial charge in [-0.25, -0.2) is 9.37 Å². The molecule has 0 spiro atoms. The van der Waals surface area contributed by atoms with Gasteiger partial charge in [-0.1, -0.05) is 0 Å². The van der Waals surface area contributed by atoms with Crippen molar-refractivity contribution in [2.45, 2.75) is 0 Å². The number of aldehydes is 1. The van der Waals surface area contributed by atoms with E-state index >= 15 is 0 Å². The number of hydrogen-bond donors (Lipinski definition) is 2. The predicted octanol–water partition coefficient (Wildman–Crippen LogP) is 2.44. The number of rotatable bonds is 4. The highest BCUT2D eigenvalue weighted by Gasteiger charge is 1.99. The van der Waals surface area contributed by atoms with Crippen LogP contribution >= 0.6 is 0 Å². The van der Waals surface area contributed by atoms with E-state index in [9.17, 15) is 9.18 Å². The van der Waals surface area contributed by atoms with Gasteiger partial charge in [0.1, 0.15) is 11.6 Å². The number of carbonyl (C=O) groups excluding carboxylic acids is 1. The fraction of sp³-hybridized carbons (Fsp3) is 0. The van der Waals surface area contributed by atoms with Gasteiger partial charge in [-0.3, -0.25) is 4.79 Å². The molecule has 1 aromatic carbocycles. The molecular weight excluding hydrogens is 233 g/mol. The van der Waals surface area contributed by atoms with Gasteiger partial charge in [0.05, 0.1) is 17.6 Å². The van der Waals surface area contributed by atoms with E-state index in [1.807, 2.05) is 0 Å². The summed E-state index contributed by atoms with van der Waals surface area (Å²) in [5, 5.41) is 7.78. The SMILES string of the molecule is N=C(/C=C\c1ncc(C=O)[nH]1)c1ccc(F)cc1. The number of benzene rings is 1. The fourth-order valence-corrected chi connectivity index (χ4v) is 1.38. The molecule has 0 atom stereocenters. The molecule has 0 aliphatic rings. The maximum atomic E-state index is 12.7. The normalized spacial score (nSPS) is 10.7. The van der Waals surface area contributed by atoms with Crippen LogP contribution in [0.3, 0.4) is 0 Å². The molecule has 0 unspecified atom stereocenters. The molecule has 0 radical (unpaired) electrons. The van der Waals surface area contributed by atoms with Crippen LogP contribution in [-0.2, 0) is 0 Å². The van der Waals surface area contributed by atoms with Crippen molar-refractivity contribution in [2.24, 2.45) is 0 Å². The lowest BCUT2D eigenvalue weighted by Crippen LogP contribution is -1.94. The van der Waals surface area contributed by atoms with E-state index < -0.39 is 0 Å². The number of aromatic amines is 1. The zero-order chi connectivity index (χ0) is 13.0. The van der Waals surface area contributed by atoms with E-state index in [2.05, 4.69) is 9.97 Å². The number of aromatic nitrogens is 2. The summed E-state index contributed by atoms with van der Waals surface area (Å²) in [6, 6.07) is 5.66. The van der Waals surface area contributed by atoms with E-state index in [-0.39, 0.29) is 11.5 Å². The summed E-state index contributed by atoms with van der Waals surface area (Å²) in [4.78, 5) is 17.1. The van der Waals surface area contributed by atoms with Crippen molar-refractivity contribution in [3.63, 3.8) is 0 Å². The van der Waals surface area contributed by atoms with Gasteiger partial charge in [-0.15, -0.1) is 0 Å². The maximum absolute atomic E-state index is 12.7. The van der Waals surface area contributed by atoms with Crippen LogP contribution in [0.1, 0.15) is 21.9 Å². The molecule has 18 heavy (non-hydrogen) atoms. The Morgan fingerprint density at radius 1 is 1.33 bits per heavy atom. The van der Waals surface area contributed by atoms with Crippen molar-refractivity contribution in [2.75, 3.05) is 0 Å². The number of carbonyl (C=O) groups is 1. The van der Waals surface area contributed by atoms with Crippen molar-refractivity contribution in [3.05, 3.63) is 59.4 Å². The summed E-state index contributed by atoms with van der Waals surface area (Å²) in [5.41, 5.74) is 1.22. The lowest BCUT2D eigenvalue weighted by molar-refractivity contribution is 0.111. The number of halogens is 1. The van der Waals surface area contributed by atoms with E-state index in [1.165, 1.54) is 36.5 Å². The van der Waals surface area contributed by atoms with Gasteiger partial charge in [0, 0.05) is 0 Å². The minimum Gasteiger partial charge on any atom is -0.336 e. The van der Waals surface area contributed by atoms with Crippen LogP contribution in [0.5, 0.6) is 0 Å². The maximum Gasteiger partial charge on any atom is 0.167 e. The van der Waals surface area contributed by atoms with Gasteiger partial charge in [0.2, 0.25) is 0 Å². The van der Waals surface area contributed by atoms with Crippen LogP contribution in [-0.4, -0.2) is 22.0 Å². The highest BCUT2D eigenvalue weighted by Crippen LogP contribution is 2.05. The topological polar surface area (TPSA) is 69.6 Å². The first-order chi connectivity index (χ1) is 8.69. The first kappa shape index (κ1) is 11.9. The van der Waals surface area contributed by atoms with E-state index in [0.717, 1.165) is 0 Å². The summed E-state index contributed by atoms with van der Waals surface area (Å²) in [6.07, 6.45) is 5.18. The molecule has 0 aliphatic carbocycles. The summed E-state index contributed by atoms with van der Waals surface area (Å²) in [7, 11) is 0. The molecule has 2 N–H and O–H groups in total. The second kappa shape index (κ2) is 5.18. The molecule has 0 aliphatic heterocycles. The van der Waals surface area contributed by atoms with Gasteiger partial charge in [-0.05, 0) is 42.0 Å². The van der Waals surface area contributed by atoms with Crippen molar-refractivity contribution in [1.29, 1.82) is 5.41 Å². The molecule has 0 saturated heterocycles. The number of imidazole rings is 1. The molecule has 0 amide bonds.